The zero-order valence-electron chi connectivity index (χ0n) is 22.0. The van der Waals surface area contributed by atoms with Crippen LogP contribution in [0.25, 0.3) is 0 Å². The van der Waals surface area contributed by atoms with Crippen molar-refractivity contribution in [1.29, 1.82) is 0 Å². The topological polar surface area (TPSA) is 33.3 Å². The lowest BCUT2D eigenvalue weighted by Gasteiger charge is -2.30. The van der Waals surface area contributed by atoms with E-state index >= 15 is 0 Å². The molecule has 0 radical (unpaired) electrons. The SMILES string of the molecule is CCC(C)(C)c1ccc(OCCCCNC(=S)Nc2cc(C)ccc2C)c(C(C)(C)CC)c1. The van der Waals surface area contributed by atoms with Crippen LogP contribution in [0.4, 0.5) is 5.69 Å². The number of benzene rings is 2. The molecule has 0 atom stereocenters. The molecule has 2 rings (SSSR count). The van der Waals surface area contributed by atoms with E-state index in [1.165, 1.54) is 22.3 Å². The summed E-state index contributed by atoms with van der Waals surface area (Å²) < 4.78 is 6.28. The largest absolute Gasteiger partial charge is 0.493 e. The fourth-order valence-corrected chi connectivity index (χ4v) is 3.86. The lowest BCUT2D eigenvalue weighted by Crippen LogP contribution is -2.29. The number of nitrogens with one attached hydrogen (secondary N) is 2. The molecule has 2 aromatic carbocycles. The highest BCUT2D eigenvalue weighted by Crippen LogP contribution is 2.38. The summed E-state index contributed by atoms with van der Waals surface area (Å²) in [6.45, 7) is 19.5. The van der Waals surface area contributed by atoms with E-state index in [0.29, 0.717) is 11.7 Å². The normalized spacial score (nSPS) is 11.9. The standard InChI is InChI=1S/C29H44N2OS/c1-9-28(5,6)23-15-16-26(24(20-23)29(7,8)10-2)32-18-12-11-17-30-27(33)31-25-19-21(3)13-14-22(25)4/h13-16,19-20H,9-12,17-18H2,1-8H3,(H2,30,31,33). The van der Waals surface area contributed by atoms with Crippen LogP contribution in [0.1, 0.15) is 89.5 Å². The minimum Gasteiger partial charge on any atom is -0.493 e. The highest BCUT2D eigenvalue weighted by Gasteiger charge is 2.26. The van der Waals surface area contributed by atoms with Crippen molar-refractivity contribution in [1.82, 2.24) is 5.32 Å². The molecule has 182 valence electrons. The molecule has 0 spiro atoms. The first-order valence-corrected chi connectivity index (χ1v) is 12.8. The molecule has 0 amide bonds. The number of ether oxygens (including phenoxy) is 1. The third-order valence-electron chi connectivity index (χ3n) is 7.01. The van der Waals surface area contributed by atoms with Crippen molar-refractivity contribution in [3.8, 4) is 5.75 Å². The fraction of sp³-hybridized carbons (Fsp3) is 0.552. The number of anilines is 1. The van der Waals surface area contributed by atoms with Crippen LogP contribution in [0, 0.1) is 13.8 Å². The second-order valence-corrected chi connectivity index (χ2v) is 10.8. The zero-order valence-corrected chi connectivity index (χ0v) is 22.8. The van der Waals surface area contributed by atoms with Crippen molar-refractivity contribution in [2.75, 3.05) is 18.5 Å². The van der Waals surface area contributed by atoms with E-state index in [1.807, 2.05) is 0 Å². The summed E-state index contributed by atoms with van der Waals surface area (Å²) in [6, 6.07) is 13.2. The van der Waals surface area contributed by atoms with E-state index < -0.39 is 0 Å². The number of hydrogen-bond donors (Lipinski definition) is 2. The van der Waals surface area contributed by atoms with Gasteiger partial charge in [0.2, 0.25) is 0 Å². The van der Waals surface area contributed by atoms with E-state index in [0.717, 1.165) is 43.7 Å². The Morgan fingerprint density at radius 3 is 2.27 bits per heavy atom. The minimum atomic E-state index is 0.0858. The van der Waals surface area contributed by atoms with Gasteiger partial charge < -0.3 is 15.4 Å². The molecule has 2 N–H and O–H groups in total. The van der Waals surface area contributed by atoms with Crippen LogP contribution in [0.15, 0.2) is 36.4 Å². The van der Waals surface area contributed by atoms with Crippen LogP contribution >= 0.6 is 12.2 Å². The molecule has 0 fully saturated rings. The molecular weight excluding hydrogens is 424 g/mol. The molecule has 0 aliphatic heterocycles. The van der Waals surface area contributed by atoms with Crippen LogP contribution in [-0.2, 0) is 10.8 Å². The molecule has 0 aliphatic carbocycles. The first-order chi connectivity index (χ1) is 15.5. The molecule has 0 unspecified atom stereocenters. The Morgan fingerprint density at radius 2 is 1.61 bits per heavy atom. The van der Waals surface area contributed by atoms with E-state index in [9.17, 15) is 0 Å². The smallest absolute Gasteiger partial charge is 0.170 e. The van der Waals surface area contributed by atoms with Crippen molar-refractivity contribution >= 4 is 23.0 Å². The van der Waals surface area contributed by atoms with Gasteiger partial charge in [-0.15, -0.1) is 0 Å². The summed E-state index contributed by atoms with van der Waals surface area (Å²) >= 11 is 5.46. The van der Waals surface area contributed by atoms with Crippen molar-refractivity contribution in [3.63, 3.8) is 0 Å². The molecule has 4 heteroatoms. The molecule has 3 nitrogen and oxygen atoms in total. The molecule has 0 saturated carbocycles. The maximum atomic E-state index is 6.28. The molecule has 0 heterocycles. The molecule has 0 saturated heterocycles. The number of thiocarbonyl (C=S) groups is 1. The third kappa shape index (κ3) is 7.74. The predicted molar refractivity (Wildman–Crippen MR) is 148 cm³/mol. The molecule has 2 aromatic rings. The van der Waals surface area contributed by atoms with Crippen molar-refractivity contribution in [2.24, 2.45) is 0 Å². The first kappa shape index (κ1) is 27.2. The lowest BCUT2D eigenvalue weighted by atomic mass is 9.76. The molecule has 33 heavy (non-hydrogen) atoms. The third-order valence-corrected chi connectivity index (χ3v) is 7.26. The Labute approximate surface area is 207 Å². The Kier molecular flexibility index (Phi) is 9.78. The Bertz CT molecular complexity index is 933. The average Bonchev–Trinajstić information content (AvgIpc) is 2.78. The van der Waals surface area contributed by atoms with Crippen LogP contribution in [0.3, 0.4) is 0 Å². The first-order valence-electron chi connectivity index (χ1n) is 12.4. The second-order valence-electron chi connectivity index (χ2n) is 10.4. The highest BCUT2D eigenvalue weighted by atomic mass is 32.1. The predicted octanol–water partition coefficient (Wildman–Crippen LogP) is 7.82. The van der Waals surface area contributed by atoms with Crippen molar-refractivity contribution in [2.45, 2.75) is 91.9 Å². The summed E-state index contributed by atoms with van der Waals surface area (Å²) in [6.07, 6.45) is 4.18. The summed E-state index contributed by atoms with van der Waals surface area (Å²) in [7, 11) is 0. The Balaban J connectivity index is 1.87. The summed E-state index contributed by atoms with van der Waals surface area (Å²) in [5, 5.41) is 7.30. The summed E-state index contributed by atoms with van der Waals surface area (Å²) in [4.78, 5) is 0. The lowest BCUT2D eigenvalue weighted by molar-refractivity contribution is 0.296. The maximum Gasteiger partial charge on any atom is 0.170 e. The highest BCUT2D eigenvalue weighted by molar-refractivity contribution is 7.80. The molecular formula is C29H44N2OS. The number of aryl methyl sites for hydroxylation is 2. The fourth-order valence-electron chi connectivity index (χ4n) is 3.65. The van der Waals surface area contributed by atoms with Gasteiger partial charge in [-0.1, -0.05) is 65.8 Å². The van der Waals surface area contributed by atoms with E-state index in [1.54, 1.807) is 0 Å². The van der Waals surface area contributed by atoms with Gasteiger partial charge in [0.1, 0.15) is 5.75 Å². The van der Waals surface area contributed by atoms with Gasteiger partial charge in [-0.05, 0) is 91.4 Å². The number of hydrogen-bond acceptors (Lipinski definition) is 2. The van der Waals surface area contributed by atoms with Gasteiger partial charge in [-0.2, -0.15) is 0 Å². The van der Waals surface area contributed by atoms with Gasteiger partial charge in [0.05, 0.1) is 6.61 Å². The molecule has 0 aliphatic rings. The van der Waals surface area contributed by atoms with Gasteiger partial charge in [0, 0.05) is 17.8 Å². The van der Waals surface area contributed by atoms with Crippen LogP contribution in [0.2, 0.25) is 0 Å². The van der Waals surface area contributed by atoms with E-state index in [2.05, 4.69) is 102 Å². The average molecular weight is 469 g/mol. The Morgan fingerprint density at radius 1 is 0.909 bits per heavy atom. The van der Waals surface area contributed by atoms with Crippen LogP contribution in [-0.4, -0.2) is 18.3 Å². The maximum absolute atomic E-state index is 6.28. The quantitative estimate of drug-likeness (QED) is 0.260. The monoisotopic (exact) mass is 468 g/mol. The van der Waals surface area contributed by atoms with Gasteiger partial charge in [0.15, 0.2) is 5.11 Å². The van der Waals surface area contributed by atoms with Gasteiger partial charge in [-0.25, -0.2) is 0 Å². The van der Waals surface area contributed by atoms with E-state index in [4.69, 9.17) is 17.0 Å². The zero-order chi connectivity index (χ0) is 24.6. The number of unbranched alkanes of at least 4 members (excludes halogenated alkanes) is 1. The number of rotatable bonds is 11. The van der Waals surface area contributed by atoms with Gasteiger partial charge in [-0.3, -0.25) is 0 Å². The summed E-state index contributed by atoms with van der Waals surface area (Å²) in [5.41, 5.74) is 6.45. The van der Waals surface area contributed by atoms with Crippen molar-refractivity contribution < 1.29 is 4.74 Å². The molecule has 0 bridgehead atoms. The van der Waals surface area contributed by atoms with Crippen molar-refractivity contribution in [3.05, 3.63) is 58.7 Å². The van der Waals surface area contributed by atoms with Crippen LogP contribution in [0.5, 0.6) is 5.75 Å². The second kappa shape index (κ2) is 11.9. The van der Waals surface area contributed by atoms with E-state index in [-0.39, 0.29) is 10.8 Å². The summed E-state index contributed by atoms with van der Waals surface area (Å²) in [5.74, 6) is 1.03. The Hall–Kier alpha value is -2.07. The van der Waals surface area contributed by atoms with Gasteiger partial charge >= 0.3 is 0 Å². The van der Waals surface area contributed by atoms with Crippen LogP contribution < -0.4 is 15.4 Å². The van der Waals surface area contributed by atoms with Gasteiger partial charge in [0.25, 0.3) is 0 Å². The molecule has 0 aromatic heterocycles. The minimum absolute atomic E-state index is 0.0858.